The average molecular weight is 302 g/mol. The first-order chi connectivity index (χ1) is 10.7. The van der Waals surface area contributed by atoms with Gasteiger partial charge < -0.3 is 9.47 Å². The molecule has 2 aliphatic heterocycles. The minimum absolute atomic E-state index is 0.0986. The van der Waals surface area contributed by atoms with E-state index in [9.17, 15) is 4.79 Å². The van der Waals surface area contributed by atoms with Crippen molar-refractivity contribution >= 4 is 5.97 Å². The minimum Gasteiger partial charge on any atom is -0.458 e. The zero-order valence-electron chi connectivity index (χ0n) is 13.2. The molecule has 5 aliphatic rings. The molecule has 2 saturated carbocycles. The van der Waals surface area contributed by atoms with Crippen LogP contribution in [0.5, 0.6) is 0 Å². The van der Waals surface area contributed by atoms with Crippen molar-refractivity contribution in [2.45, 2.75) is 75.6 Å². The average Bonchev–Trinajstić information content (AvgIpc) is 3.30. The van der Waals surface area contributed by atoms with Crippen molar-refractivity contribution in [3.63, 3.8) is 0 Å². The molecule has 3 aliphatic carbocycles. The highest BCUT2D eigenvalue weighted by molar-refractivity contribution is 5.74. The molecule has 4 fully saturated rings. The maximum atomic E-state index is 12.9. The lowest BCUT2D eigenvalue weighted by Crippen LogP contribution is -2.46. The second kappa shape index (κ2) is 4.83. The van der Waals surface area contributed by atoms with E-state index >= 15 is 0 Å². The molecule has 22 heavy (non-hydrogen) atoms. The summed E-state index contributed by atoms with van der Waals surface area (Å²) >= 11 is 0. The van der Waals surface area contributed by atoms with E-state index in [1.807, 2.05) is 0 Å². The highest BCUT2D eigenvalue weighted by Crippen LogP contribution is 2.52. The minimum atomic E-state index is -0.192. The van der Waals surface area contributed by atoms with Crippen LogP contribution in [0.25, 0.3) is 0 Å². The molecule has 0 aromatic rings. The van der Waals surface area contributed by atoms with E-state index in [-0.39, 0.29) is 17.5 Å². The predicted octanol–water partition coefficient (Wildman–Crippen LogP) is 3.62. The number of ether oxygens (including phenoxy) is 2. The second-order valence-electron chi connectivity index (χ2n) is 8.30. The van der Waals surface area contributed by atoms with Crippen LogP contribution < -0.4 is 0 Å². The molecule has 0 amide bonds. The van der Waals surface area contributed by atoms with Crippen LogP contribution in [0.4, 0.5) is 0 Å². The second-order valence-corrected chi connectivity index (χ2v) is 8.30. The van der Waals surface area contributed by atoms with Crippen LogP contribution in [-0.2, 0) is 14.3 Å². The Hall–Kier alpha value is -0.830. The first kappa shape index (κ1) is 13.6. The lowest BCUT2D eigenvalue weighted by atomic mass is 9.75. The van der Waals surface area contributed by atoms with Crippen molar-refractivity contribution in [2.75, 3.05) is 0 Å². The molecule has 0 aromatic carbocycles. The van der Waals surface area contributed by atoms with Crippen molar-refractivity contribution in [1.29, 1.82) is 0 Å². The summed E-state index contributed by atoms with van der Waals surface area (Å²) in [5.74, 6) is 1.78. The molecule has 4 bridgehead atoms. The molecule has 0 radical (unpaired) electrons. The summed E-state index contributed by atoms with van der Waals surface area (Å²) in [6.07, 6.45) is 15.6. The maximum absolute atomic E-state index is 12.9. The largest absolute Gasteiger partial charge is 0.458 e. The zero-order chi connectivity index (χ0) is 14.7. The number of rotatable bonds is 3. The summed E-state index contributed by atoms with van der Waals surface area (Å²) < 4.78 is 12.4. The highest BCUT2D eigenvalue weighted by Gasteiger charge is 2.55. The number of carbonyl (C=O) groups excluding carboxylic acids is 1. The van der Waals surface area contributed by atoms with Gasteiger partial charge in [0.25, 0.3) is 0 Å². The molecule has 2 heterocycles. The van der Waals surface area contributed by atoms with E-state index in [4.69, 9.17) is 9.47 Å². The van der Waals surface area contributed by atoms with Crippen LogP contribution in [0, 0.1) is 23.7 Å². The van der Waals surface area contributed by atoms with E-state index in [2.05, 4.69) is 12.2 Å². The van der Waals surface area contributed by atoms with E-state index < -0.39 is 0 Å². The molecule has 2 saturated heterocycles. The standard InChI is InChI=1S/C19H26O3/c20-18(15-10-12-3-4-13(15)9-12)22-19(7-1-2-8-19)16-11-14-5-6-17(16)21-14/h3-4,12-17H,1-2,5-11H2. The third kappa shape index (κ3) is 1.94. The Morgan fingerprint density at radius 3 is 2.55 bits per heavy atom. The molecular formula is C19H26O3. The van der Waals surface area contributed by atoms with Crippen molar-refractivity contribution < 1.29 is 14.3 Å². The van der Waals surface area contributed by atoms with E-state index in [1.54, 1.807) is 0 Å². The summed E-state index contributed by atoms with van der Waals surface area (Å²) in [7, 11) is 0. The number of carbonyl (C=O) groups is 1. The first-order valence-electron chi connectivity index (χ1n) is 9.30. The van der Waals surface area contributed by atoms with Crippen molar-refractivity contribution in [3.8, 4) is 0 Å². The summed E-state index contributed by atoms with van der Waals surface area (Å²) in [5.41, 5.74) is -0.192. The first-order valence-corrected chi connectivity index (χ1v) is 9.30. The quantitative estimate of drug-likeness (QED) is 0.590. The van der Waals surface area contributed by atoms with Gasteiger partial charge in [-0.2, -0.15) is 0 Å². The van der Waals surface area contributed by atoms with Gasteiger partial charge in [0.15, 0.2) is 0 Å². The highest BCUT2D eigenvalue weighted by atomic mass is 16.6. The zero-order valence-corrected chi connectivity index (χ0v) is 13.2. The summed E-state index contributed by atoms with van der Waals surface area (Å²) in [5, 5.41) is 0. The van der Waals surface area contributed by atoms with Crippen molar-refractivity contribution in [1.82, 2.24) is 0 Å². The van der Waals surface area contributed by atoms with E-state index in [1.165, 1.54) is 32.1 Å². The molecular weight excluding hydrogens is 276 g/mol. The fourth-order valence-corrected chi connectivity index (χ4v) is 6.04. The van der Waals surface area contributed by atoms with Gasteiger partial charge in [0, 0.05) is 5.92 Å². The Bertz CT molecular complexity index is 505. The Balaban J connectivity index is 1.35. The molecule has 6 atom stereocenters. The van der Waals surface area contributed by atoms with Gasteiger partial charge in [-0.1, -0.05) is 12.2 Å². The van der Waals surface area contributed by atoms with Gasteiger partial charge in [-0.3, -0.25) is 4.79 Å². The van der Waals surface area contributed by atoms with Crippen LogP contribution in [0.1, 0.15) is 57.8 Å². The smallest absolute Gasteiger partial charge is 0.310 e. The number of hydrogen-bond acceptors (Lipinski definition) is 3. The summed E-state index contributed by atoms with van der Waals surface area (Å²) in [6.45, 7) is 0. The number of allylic oxidation sites excluding steroid dienone is 2. The molecule has 0 spiro atoms. The Kier molecular flexibility index (Phi) is 2.99. The predicted molar refractivity (Wildman–Crippen MR) is 82.1 cm³/mol. The molecule has 6 unspecified atom stereocenters. The fourth-order valence-electron chi connectivity index (χ4n) is 6.04. The third-order valence-corrected chi connectivity index (χ3v) is 7.12. The monoisotopic (exact) mass is 302 g/mol. The number of esters is 1. The number of hydrogen-bond donors (Lipinski definition) is 0. The Morgan fingerprint density at radius 1 is 1.09 bits per heavy atom. The van der Waals surface area contributed by atoms with Gasteiger partial charge in [0.05, 0.1) is 18.1 Å². The summed E-state index contributed by atoms with van der Waals surface area (Å²) in [6, 6.07) is 0. The van der Waals surface area contributed by atoms with Crippen LogP contribution >= 0.6 is 0 Å². The van der Waals surface area contributed by atoms with Gasteiger partial charge in [-0.25, -0.2) is 0 Å². The lowest BCUT2D eigenvalue weighted by Gasteiger charge is -2.39. The van der Waals surface area contributed by atoms with Crippen molar-refractivity contribution in [3.05, 3.63) is 12.2 Å². The van der Waals surface area contributed by atoms with Crippen LogP contribution in [0.3, 0.4) is 0 Å². The topological polar surface area (TPSA) is 35.5 Å². The van der Waals surface area contributed by atoms with E-state index in [0.29, 0.717) is 30.0 Å². The van der Waals surface area contributed by atoms with Gasteiger partial charge >= 0.3 is 5.97 Å². The Morgan fingerprint density at radius 2 is 1.95 bits per heavy atom. The maximum Gasteiger partial charge on any atom is 0.310 e. The third-order valence-electron chi connectivity index (χ3n) is 7.12. The van der Waals surface area contributed by atoms with E-state index in [0.717, 1.165) is 25.7 Å². The lowest BCUT2D eigenvalue weighted by molar-refractivity contribution is -0.174. The van der Waals surface area contributed by atoms with Crippen LogP contribution in [0.15, 0.2) is 12.2 Å². The molecule has 120 valence electrons. The van der Waals surface area contributed by atoms with Gasteiger partial charge in [0.1, 0.15) is 5.60 Å². The molecule has 0 aromatic heterocycles. The molecule has 5 rings (SSSR count). The fraction of sp³-hybridized carbons (Fsp3) is 0.842. The Labute approximate surface area is 132 Å². The van der Waals surface area contributed by atoms with Crippen molar-refractivity contribution in [2.24, 2.45) is 23.7 Å². The summed E-state index contributed by atoms with van der Waals surface area (Å²) in [4.78, 5) is 12.9. The van der Waals surface area contributed by atoms with Gasteiger partial charge in [-0.15, -0.1) is 0 Å². The van der Waals surface area contributed by atoms with Gasteiger partial charge in [0.2, 0.25) is 0 Å². The van der Waals surface area contributed by atoms with Crippen LogP contribution in [0.2, 0.25) is 0 Å². The SMILES string of the molecule is O=C(OC1(C2CC3CCC2O3)CCCC1)C1CC2C=CC1C2. The number of fused-ring (bicyclic) bond motifs is 4. The molecule has 3 nitrogen and oxygen atoms in total. The molecule has 0 N–H and O–H groups in total. The normalized spacial score (nSPS) is 47.5. The molecule has 3 heteroatoms. The van der Waals surface area contributed by atoms with Crippen LogP contribution in [-0.4, -0.2) is 23.8 Å². The van der Waals surface area contributed by atoms with Gasteiger partial charge in [-0.05, 0) is 69.6 Å².